The van der Waals surface area contributed by atoms with Crippen molar-refractivity contribution in [2.75, 3.05) is 18.0 Å². The average molecular weight is 336 g/mol. The van der Waals surface area contributed by atoms with Crippen molar-refractivity contribution in [2.45, 2.75) is 38.5 Å². The SMILES string of the molecule is N=C(N)c1ccc(N2CCC3(CCCC3)CC2)c(Br)c1. The summed E-state index contributed by atoms with van der Waals surface area (Å²) in [4.78, 5) is 2.47. The summed E-state index contributed by atoms with van der Waals surface area (Å²) < 4.78 is 1.05. The number of benzene rings is 1. The monoisotopic (exact) mass is 335 g/mol. The number of anilines is 1. The second-order valence-electron chi connectivity index (χ2n) is 6.27. The number of nitrogens with two attached hydrogens (primary N) is 1. The molecule has 3 rings (SSSR count). The predicted octanol–water partition coefficient (Wildman–Crippen LogP) is 3.89. The molecule has 4 heteroatoms. The molecule has 0 atom stereocenters. The van der Waals surface area contributed by atoms with Gasteiger partial charge in [0.15, 0.2) is 0 Å². The number of piperidine rings is 1. The quantitative estimate of drug-likeness (QED) is 0.636. The number of nitrogens with one attached hydrogen (secondary N) is 1. The van der Waals surface area contributed by atoms with Gasteiger partial charge in [-0.3, -0.25) is 5.41 Å². The molecule has 0 bridgehead atoms. The third kappa shape index (κ3) is 2.58. The van der Waals surface area contributed by atoms with Crippen molar-refractivity contribution in [3.8, 4) is 0 Å². The van der Waals surface area contributed by atoms with E-state index in [1.165, 1.54) is 44.2 Å². The zero-order chi connectivity index (χ0) is 14.2. The first-order valence-corrected chi connectivity index (χ1v) is 8.28. The van der Waals surface area contributed by atoms with Gasteiger partial charge < -0.3 is 10.6 Å². The fourth-order valence-corrected chi connectivity index (χ4v) is 4.41. The summed E-state index contributed by atoms with van der Waals surface area (Å²) in [5.41, 5.74) is 8.21. The van der Waals surface area contributed by atoms with Crippen LogP contribution in [0.1, 0.15) is 44.1 Å². The highest BCUT2D eigenvalue weighted by Gasteiger charge is 2.37. The molecule has 0 aromatic heterocycles. The van der Waals surface area contributed by atoms with Gasteiger partial charge in [0, 0.05) is 23.1 Å². The number of halogens is 1. The highest BCUT2D eigenvalue weighted by Crippen LogP contribution is 2.47. The van der Waals surface area contributed by atoms with Crippen molar-refractivity contribution in [2.24, 2.45) is 11.1 Å². The van der Waals surface area contributed by atoms with E-state index >= 15 is 0 Å². The second kappa shape index (κ2) is 5.40. The third-order valence-corrected chi connectivity index (χ3v) is 5.72. The Bertz CT molecular complexity index is 510. The molecule has 108 valence electrons. The molecule has 3 nitrogen and oxygen atoms in total. The minimum absolute atomic E-state index is 0.126. The molecule has 0 unspecified atom stereocenters. The van der Waals surface area contributed by atoms with Gasteiger partial charge in [-0.2, -0.15) is 0 Å². The van der Waals surface area contributed by atoms with Gasteiger partial charge in [-0.05, 0) is 65.2 Å². The summed E-state index contributed by atoms with van der Waals surface area (Å²) in [7, 11) is 0. The first-order chi connectivity index (χ1) is 9.60. The lowest BCUT2D eigenvalue weighted by Crippen LogP contribution is -2.39. The molecule has 1 aliphatic heterocycles. The molecular weight excluding hydrogens is 314 g/mol. The van der Waals surface area contributed by atoms with Gasteiger partial charge in [-0.25, -0.2) is 0 Å². The standard InChI is InChI=1S/C16H22BrN3/c17-13-11-12(15(18)19)3-4-14(13)20-9-7-16(8-10-20)5-1-2-6-16/h3-4,11H,1-2,5-10H2,(H3,18,19). The Labute approximate surface area is 129 Å². The highest BCUT2D eigenvalue weighted by molar-refractivity contribution is 9.10. The van der Waals surface area contributed by atoms with Crippen LogP contribution in [0.4, 0.5) is 5.69 Å². The van der Waals surface area contributed by atoms with Crippen LogP contribution in [0.15, 0.2) is 22.7 Å². The van der Waals surface area contributed by atoms with Crippen LogP contribution in [0.2, 0.25) is 0 Å². The third-order valence-electron chi connectivity index (χ3n) is 5.09. The Morgan fingerprint density at radius 1 is 1.15 bits per heavy atom. The van der Waals surface area contributed by atoms with E-state index in [9.17, 15) is 0 Å². The van der Waals surface area contributed by atoms with Crippen molar-refractivity contribution < 1.29 is 0 Å². The van der Waals surface area contributed by atoms with E-state index in [1.807, 2.05) is 12.1 Å². The molecule has 2 aliphatic rings. The van der Waals surface area contributed by atoms with Crippen LogP contribution in [-0.4, -0.2) is 18.9 Å². The first-order valence-electron chi connectivity index (χ1n) is 7.49. The molecular formula is C16H22BrN3. The van der Waals surface area contributed by atoms with Gasteiger partial charge in [-0.1, -0.05) is 12.8 Å². The zero-order valence-corrected chi connectivity index (χ0v) is 13.4. The van der Waals surface area contributed by atoms with E-state index in [1.54, 1.807) is 0 Å². The Kier molecular flexibility index (Phi) is 3.76. The molecule has 20 heavy (non-hydrogen) atoms. The minimum Gasteiger partial charge on any atom is -0.384 e. The lowest BCUT2D eigenvalue weighted by atomic mass is 9.77. The lowest BCUT2D eigenvalue weighted by Gasteiger charge is -2.40. The van der Waals surface area contributed by atoms with Gasteiger partial charge in [0.2, 0.25) is 0 Å². The summed E-state index contributed by atoms with van der Waals surface area (Å²) >= 11 is 3.63. The van der Waals surface area contributed by atoms with Crippen LogP contribution < -0.4 is 10.6 Å². The number of nitrogen functional groups attached to an aromatic ring is 1. The lowest BCUT2D eigenvalue weighted by molar-refractivity contribution is 0.226. The van der Waals surface area contributed by atoms with E-state index in [0.717, 1.165) is 23.1 Å². The van der Waals surface area contributed by atoms with E-state index in [0.29, 0.717) is 5.41 Å². The molecule has 3 N–H and O–H groups in total. The molecule has 1 heterocycles. The first kappa shape index (κ1) is 13.9. The smallest absolute Gasteiger partial charge is 0.122 e. The van der Waals surface area contributed by atoms with Crippen LogP contribution in [0.25, 0.3) is 0 Å². The van der Waals surface area contributed by atoms with Crippen molar-refractivity contribution >= 4 is 27.5 Å². The largest absolute Gasteiger partial charge is 0.384 e. The van der Waals surface area contributed by atoms with Crippen LogP contribution in [0.3, 0.4) is 0 Å². The molecule has 1 aromatic carbocycles. The maximum Gasteiger partial charge on any atom is 0.122 e. The summed E-state index contributed by atoms with van der Waals surface area (Å²) in [5, 5.41) is 7.50. The Morgan fingerprint density at radius 2 is 1.80 bits per heavy atom. The average Bonchev–Trinajstić information content (AvgIpc) is 2.88. The molecule has 0 radical (unpaired) electrons. The van der Waals surface area contributed by atoms with Crippen molar-refractivity contribution in [3.63, 3.8) is 0 Å². The van der Waals surface area contributed by atoms with Crippen molar-refractivity contribution in [1.82, 2.24) is 0 Å². The van der Waals surface area contributed by atoms with Crippen molar-refractivity contribution in [3.05, 3.63) is 28.2 Å². The molecule has 2 fully saturated rings. The van der Waals surface area contributed by atoms with Crippen LogP contribution in [0, 0.1) is 10.8 Å². The summed E-state index contributed by atoms with van der Waals surface area (Å²) in [6.45, 7) is 2.30. The molecule has 1 aromatic rings. The van der Waals surface area contributed by atoms with Gasteiger partial charge in [-0.15, -0.1) is 0 Å². The summed E-state index contributed by atoms with van der Waals surface area (Å²) in [6, 6.07) is 5.99. The van der Waals surface area contributed by atoms with E-state index in [-0.39, 0.29) is 5.84 Å². The highest BCUT2D eigenvalue weighted by atomic mass is 79.9. The Hall–Kier alpha value is -1.03. The predicted molar refractivity (Wildman–Crippen MR) is 87.5 cm³/mol. The maximum atomic E-state index is 7.50. The minimum atomic E-state index is 0.126. The van der Waals surface area contributed by atoms with E-state index in [4.69, 9.17) is 11.1 Å². The van der Waals surface area contributed by atoms with Gasteiger partial charge in [0.05, 0.1) is 5.69 Å². The molecule has 1 saturated carbocycles. The number of nitrogens with zero attached hydrogens (tertiary/aromatic N) is 1. The van der Waals surface area contributed by atoms with Crippen LogP contribution >= 0.6 is 15.9 Å². The fraction of sp³-hybridized carbons (Fsp3) is 0.562. The topological polar surface area (TPSA) is 53.1 Å². The molecule has 1 aliphatic carbocycles. The van der Waals surface area contributed by atoms with Gasteiger partial charge in [0.25, 0.3) is 0 Å². The molecule has 0 amide bonds. The molecule has 1 spiro atoms. The maximum absolute atomic E-state index is 7.50. The van der Waals surface area contributed by atoms with Crippen LogP contribution in [-0.2, 0) is 0 Å². The number of hydrogen-bond donors (Lipinski definition) is 2. The Balaban J connectivity index is 1.73. The second-order valence-corrected chi connectivity index (χ2v) is 7.13. The zero-order valence-electron chi connectivity index (χ0n) is 11.8. The normalized spacial score (nSPS) is 21.4. The Morgan fingerprint density at radius 3 is 2.35 bits per heavy atom. The number of hydrogen-bond acceptors (Lipinski definition) is 2. The fourth-order valence-electron chi connectivity index (χ4n) is 3.78. The van der Waals surface area contributed by atoms with Crippen LogP contribution in [0.5, 0.6) is 0 Å². The number of amidine groups is 1. The van der Waals surface area contributed by atoms with Crippen molar-refractivity contribution in [1.29, 1.82) is 5.41 Å². The summed E-state index contributed by atoms with van der Waals surface area (Å²) in [6.07, 6.45) is 8.38. The van der Waals surface area contributed by atoms with E-state index < -0.39 is 0 Å². The number of rotatable bonds is 2. The molecule has 1 saturated heterocycles. The summed E-state index contributed by atoms with van der Waals surface area (Å²) in [5.74, 6) is 0.126. The van der Waals surface area contributed by atoms with Gasteiger partial charge >= 0.3 is 0 Å². The van der Waals surface area contributed by atoms with E-state index in [2.05, 4.69) is 26.9 Å². The van der Waals surface area contributed by atoms with Gasteiger partial charge in [0.1, 0.15) is 5.84 Å².